The number of nitrogens with zero attached hydrogens (tertiary/aromatic N) is 1. The average molecular weight is 767 g/mol. The molecule has 8 rings (SSSR count). The largest absolute Gasteiger partial charge is 0.506 e. The number of Topliss-reactive ketones (excluding diaryl/α,β-unsaturated/α-hetero) is 2. The van der Waals surface area contributed by atoms with Crippen LogP contribution in [0, 0.1) is 11.8 Å². The van der Waals surface area contributed by atoms with Crippen LogP contribution in [0.2, 0.25) is 0 Å². The number of hydrogen-bond donors (Lipinski definition) is 2. The minimum Gasteiger partial charge on any atom is -0.506 e. The van der Waals surface area contributed by atoms with Crippen molar-refractivity contribution in [2.24, 2.45) is 11.8 Å². The van der Waals surface area contributed by atoms with Crippen LogP contribution in [0.25, 0.3) is 6.08 Å². The van der Waals surface area contributed by atoms with Gasteiger partial charge in [-0.25, -0.2) is 0 Å². The van der Waals surface area contributed by atoms with Crippen molar-refractivity contribution in [3.63, 3.8) is 0 Å². The third kappa shape index (κ3) is 6.80. The summed E-state index contributed by atoms with van der Waals surface area (Å²) in [4.78, 5) is 45.7. The summed E-state index contributed by atoms with van der Waals surface area (Å²) >= 11 is 0. The standard InChI is InChI=1S/C47H62N2O7/c1-29(2)15-13-20-45(8)21-19-33-38(50)37-39(51)35-27-32-28-36-44(6,7)56-46(42(32)52,47(35,36)55-41(37)34(40(33)54-45)17-16-30(3)4)22-18-31(5)43(53)48-23-14-26-49-24-11-9-10-12-25-49/h15-16,18-19,21,27,32,36,50H,9-14,17,20,22-26,28H2,1-8H3,(H,48,53). The molecule has 2 N–H and O–H groups in total. The predicted molar refractivity (Wildman–Crippen MR) is 219 cm³/mol. The van der Waals surface area contributed by atoms with Gasteiger partial charge in [-0.15, -0.1) is 0 Å². The SMILES string of the molecule is CC(C)=CCCC1(C)C=Cc2c(O)c3c(c(CC=C(C)C)c2O1)OC12C(=CC4CC1C(C)(C)OC2(CC=C(C)C(=O)NCCCN1CCCCCC1)C4=O)C3=O. The Morgan fingerprint density at radius 3 is 2.38 bits per heavy atom. The van der Waals surface area contributed by atoms with Gasteiger partial charge in [0.05, 0.1) is 11.2 Å². The number of phenolic OH excluding ortho intramolecular Hbond substituents is 1. The third-order valence-corrected chi connectivity index (χ3v) is 13.1. The van der Waals surface area contributed by atoms with Crippen molar-refractivity contribution < 1.29 is 33.7 Å². The quantitative estimate of drug-likeness (QED) is 0.124. The van der Waals surface area contributed by atoms with Gasteiger partial charge in [0.1, 0.15) is 28.4 Å². The predicted octanol–water partition coefficient (Wildman–Crippen LogP) is 8.54. The van der Waals surface area contributed by atoms with Crippen LogP contribution >= 0.6 is 0 Å². The number of fused-ring (bicyclic) bond motifs is 2. The molecule has 1 spiro atoms. The number of amides is 1. The van der Waals surface area contributed by atoms with Crippen molar-refractivity contribution in [2.75, 3.05) is 26.2 Å². The Bertz CT molecular complexity index is 1950. The molecule has 4 aliphatic heterocycles. The molecule has 0 radical (unpaired) electrons. The molecule has 9 nitrogen and oxygen atoms in total. The van der Waals surface area contributed by atoms with Crippen LogP contribution in [0.1, 0.15) is 135 Å². The first-order valence-electron chi connectivity index (χ1n) is 21.0. The zero-order valence-electron chi connectivity index (χ0n) is 34.9. The second-order valence-electron chi connectivity index (χ2n) is 18.3. The van der Waals surface area contributed by atoms with Gasteiger partial charge < -0.3 is 29.5 Å². The fourth-order valence-electron chi connectivity index (χ4n) is 10.2. The zero-order valence-corrected chi connectivity index (χ0v) is 34.9. The van der Waals surface area contributed by atoms with E-state index in [-0.39, 0.29) is 46.9 Å². The van der Waals surface area contributed by atoms with Gasteiger partial charge in [-0.05, 0) is 132 Å². The van der Waals surface area contributed by atoms with Crippen LogP contribution in [0.5, 0.6) is 17.2 Å². The van der Waals surface area contributed by atoms with Crippen molar-refractivity contribution in [3.05, 3.63) is 69.4 Å². The number of allylic oxidation sites excluding steroid dienone is 5. The lowest BCUT2D eigenvalue weighted by molar-refractivity contribution is -0.171. The molecule has 4 bridgehead atoms. The molecule has 1 amide bonds. The first kappa shape index (κ1) is 40.3. The molecule has 5 unspecified atom stereocenters. The number of ether oxygens (including phenoxy) is 3. The number of nitrogens with one attached hydrogen (secondary N) is 1. The maximum atomic E-state index is 15.0. The summed E-state index contributed by atoms with van der Waals surface area (Å²) in [5.74, 6) is -1.03. The number of ketones is 2. The molecular weight excluding hydrogens is 705 g/mol. The number of rotatable bonds is 12. The molecule has 4 heterocycles. The molecule has 1 aromatic carbocycles. The molecular formula is C47H62N2O7. The minimum absolute atomic E-state index is 0.0666. The number of carbonyl (C=O) groups excluding carboxylic acids is 3. The summed E-state index contributed by atoms with van der Waals surface area (Å²) in [6.45, 7) is 19.7. The van der Waals surface area contributed by atoms with E-state index in [1.807, 2.05) is 46.8 Å². The lowest BCUT2D eigenvalue weighted by Gasteiger charge is -2.56. The highest BCUT2D eigenvalue weighted by Gasteiger charge is 2.81. The Kier molecular flexibility index (Phi) is 10.8. The topological polar surface area (TPSA) is 114 Å². The fourth-order valence-corrected chi connectivity index (χ4v) is 10.2. The van der Waals surface area contributed by atoms with E-state index in [4.69, 9.17) is 14.2 Å². The van der Waals surface area contributed by atoms with Crippen LogP contribution in [-0.2, 0) is 20.7 Å². The first-order chi connectivity index (χ1) is 26.5. The van der Waals surface area contributed by atoms with Gasteiger partial charge >= 0.3 is 0 Å². The maximum Gasteiger partial charge on any atom is 0.246 e. The number of hydrogen-bond acceptors (Lipinski definition) is 8. The summed E-state index contributed by atoms with van der Waals surface area (Å²) in [5.41, 5.74) is -0.165. The van der Waals surface area contributed by atoms with E-state index in [1.165, 1.54) is 31.3 Å². The van der Waals surface area contributed by atoms with Gasteiger partial charge in [0.15, 0.2) is 22.8 Å². The lowest BCUT2D eigenvalue weighted by atomic mass is 9.51. The smallest absolute Gasteiger partial charge is 0.246 e. The van der Waals surface area contributed by atoms with Gasteiger partial charge in [-0.1, -0.05) is 48.3 Å². The van der Waals surface area contributed by atoms with E-state index in [0.717, 1.165) is 38.0 Å². The van der Waals surface area contributed by atoms with Gasteiger partial charge in [0, 0.05) is 41.5 Å². The molecule has 1 saturated carbocycles. The van der Waals surface area contributed by atoms with Crippen molar-refractivity contribution in [3.8, 4) is 17.2 Å². The molecule has 7 aliphatic rings. The van der Waals surface area contributed by atoms with E-state index in [2.05, 4.69) is 36.2 Å². The van der Waals surface area contributed by atoms with Crippen molar-refractivity contribution >= 4 is 23.5 Å². The molecule has 3 aliphatic carbocycles. The molecule has 56 heavy (non-hydrogen) atoms. The highest BCUT2D eigenvalue weighted by Crippen LogP contribution is 2.68. The number of phenols is 1. The maximum absolute atomic E-state index is 15.0. The van der Waals surface area contributed by atoms with Gasteiger partial charge in [0.25, 0.3) is 0 Å². The molecule has 0 aromatic heterocycles. The molecule has 2 saturated heterocycles. The Labute approximate surface area is 333 Å². The normalized spacial score (nSPS) is 29.9. The Morgan fingerprint density at radius 1 is 0.964 bits per heavy atom. The summed E-state index contributed by atoms with van der Waals surface area (Å²) < 4.78 is 21.1. The van der Waals surface area contributed by atoms with Gasteiger partial charge in [-0.2, -0.15) is 0 Å². The Hall–Kier alpha value is -3.95. The third-order valence-electron chi connectivity index (χ3n) is 13.1. The van der Waals surface area contributed by atoms with Crippen LogP contribution in [0.4, 0.5) is 0 Å². The fraction of sp³-hybridized carbons (Fsp3) is 0.596. The van der Waals surface area contributed by atoms with E-state index in [1.54, 1.807) is 19.1 Å². The highest BCUT2D eigenvalue weighted by molar-refractivity contribution is 6.19. The molecule has 302 valence electrons. The Morgan fingerprint density at radius 2 is 1.68 bits per heavy atom. The van der Waals surface area contributed by atoms with Crippen molar-refractivity contribution in [1.29, 1.82) is 0 Å². The molecule has 3 fully saturated rings. The summed E-state index contributed by atoms with van der Waals surface area (Å²) in [6, 6.07) is 0. The first-order valence-corrected chi connectivity index (χ1v) is 21.0. The Balaban J connectivity index is 1.25. The van der Waals surface area contributed by atoms with Crippen LogP contribution in [0.3, 0.4) is 0 Å². The second kappa shape index (κ2) is 15.1. The van der Waals surface area contributed by atoms with E-state index in [0.29, 0.717) is 53.8 Å². The number of benzene rings is 1. The van der Waals surface area contributed by atoms with E-state index >= 15 is 4.79 Å². The van der Waals surface area contributed by atoms with Gasteiger partial charge in [0.2, 0.25) is 5.91 Å². The van der Waals surface area contributed by atoms with Gasteiger partial charge in [-0.3, -0.25) is 14.4 Å². The van der Waals surface area contributed by atoms with Crippen molar-refractivity contribution in [2.45, 2.75) is 142 Å². The summed E-state index contributed by atoms with van der Waals surface area (Å²) in [5, 5.41) is 15.1. The number of carbonyl (C=O) groups is 3. The monoisotopic (exact) mass is 766 g/mol. The highest BCUT2D eigenvalue weighted by atomic mass is 16.6. The lowest BCUT2D eigenvalue weighted by Crippen LogP contribution is -2.72. The van der Waals surface area contributed by atoms with Crippen LogP contribution in [0.15, 0.2) is 52.7 Å². The van der Waals surface area contributed by atoms with Crippen LogP contribution < -0.4 is 14.8 Å². The molecule has 9 heteroatoms. The summed E-state index contributed by atoms with van der Waals surface area (Å²) in [6.07, 6.45) is 20.0. The number of aromatic hydroxyl groups is 1. The molecule has 1 aromatic rings. The van der Waals surface area contributed by atoms with E-state index in [9.17, 15) is 14.7 Å². The minimum atomic E-state index is -1.56. The number of likely N-dealkylation sites (tertiary alicyclic amines) is 1. The van der Waals surface area contributed by atoms with Crippen molar-refractivity contribution in [1.82, 2.24) is 10.2 Å². The molecule has 5 atom stereocenters. The summed E-state index contributed by atoms with van der Waals surface area (Å²) in [7, 11) is 0. The van der Waals surface area contributed by atoms with E-state index < -0.39 is 28.3 Å². The second-order valence-corrected chi connectivity index (χ2v) is 18.3. The zero-order chi connectivity index (χ0) is 40.2. The van der Waals surface area contributed by atoms with Crippen LogP contribution in [-0.4, -0.2) is 76.1 Å². The average Bonchev–Trinajstić information content (AvgIpc) is 3.32.